The van der Waals surface area contributed by atoms with Gasteiger partial charge in [0.15, 0.2) is 0 Å². The number of aromatic nitrogens is 6. The third-order valence-electron chi connectivity index (χ3n) is 6.47. The first kappa shape index (κ1) is 25.2. The van der Waals surface area contributed by atoms with Crippen LogP contribution in [0.2, 0.25) is 0 Å². The van der Waals surface area contributed by atoms with E-state index in [0.717, 1.165) is 35.6 Å². The van der Waals surface area contributed by atoms with Crippen molar-refractivity contribution in [1.82, 2.24) is 35.1 Å². The standard InChI is InChI=1S/C28H29N7O3/c1-2-23(36)10-4-3-5-11-24(32-25(37)14-19-16-29-28-30-18-31-35(28)17-19)27-34-33-26(38-27)22-13-12-20-8-6-7-9-21(20)15-22/h6-9,12-13,15-18,24H,2-5,10-11,14H2,1H3,(H,32,37)/t24-/m0/s1. The summed E-state index contributed by atoms with van der Waals surface area (Å²) in [6, 6.07) is 13.6. The molecule has 0 saturated carbocycles. The number of nitrogens with zero attached hydrogens (tertiary/aromatic N) is 6. The lowest BCUT2D eigenvalue weighted by atomic mass is 10.0. The van der Waals surface area contributed by atoms with Gasteiger partial charge in [-0.2, -0.15) is 10.1 Å². The summed E-state index contributed by atoms with van der Waals surface area (Å²) < 4.78 is 7.60. The normalized spacial score (nSPS) is 12.1. The molecule has 5 rings (SSSR count). The molecule has 1 atom stereocenters. The van der Waals surface area contributed by atoms with Crippen LogP contribution in [0.5, 0.6) is 0 Å². The minimum Gasteiger partial charge on any atom is -0.418 e. The van der Waals surface area contributed by atoms with Crippen LogP contribution in [-0.4, -0.2) is 41.5 Å². The molecule has 2 aromatic carbocycles. The molecule has 0 fully saturated rings. The van der Waals surface area contributed by atoms with Crippen molar-refractivity contribution >= 4 is 28.2 Å². The van der Waals surface area contributed by atoms with Crippen LogP contribution < -0.4 is 5.32 Å². The van der Waals surface area contributed by atoms with E-state index >= 15 is 0 Å². The second-order valence-corrected chi connectivity index (χ2v) is 9.26. The smallest absolute Gasteiger partial charge is 0.252 e. The van der Waals surface area contributed by atoms with Gasteiger partial charge in [-0.05, 0) is 41.3 Å². The van der Waals surface area contributed by atoms with E-state index in [-0.39, 0.29) is 18.1 Å². The molecule has 0 spiro atoms. The summed E-state index contributed by atoms with van der Waals surface area (Å²) in [5.74, 6) is 1.31. The molecule has 10 heteroatoms. The van der Waals surface area contributed by atoms with Crippen LogP contribution in [0, 0.1) is 0 Å². The number of carbonyl (C=O) groups excluding carboxylic acids is 2. The van der Waals surface area contributed by atoms with Crippen molar-refractivity contribution in [2.75, 3.05) is 0 Å². The maximum Gasteiger partial charge on any atom is 0.252 e. The maximum absolute atomic E-state index is 13.0. The average molecular weight is 512 g/mol. The number of amides is 1. The van der Waals surface area contributed by atoms with Crippen molar-refractivity contribution in [1.29, 1.82) is 0 Å². The lowest BCUT2D eigenvalue weighted by Gasteiger charge is -2.15. The Bertz CT molecular complexity index is 1560. The molecule has 5 aromatic rings. The monoisotopic (exact) mass is 511 g/mol. The zero-order valence-electron chi connectivity index (χ0n) is 21.2. The Morgan fingerprint density at radius 1 is 1.03 bits per heavy atom. The molecular formula is C28H29N7O3. The summed E-state index contributed by atoms with van der Waals surface area (Å²) in [7, 11) is 0. The van der Waals surface area contributed by atoms with Crippen molar-refractivity contribution in [2.24, 2.45) is 0 Å². The van der Waals surface area contributed by atoms with Crippen molar-refractivity contribution in [2.45, 2.75) is 57.9 Å². The summed E-state index contributed by atoms with van der Waals surface area (Å²) in [6.45, 7) is 1.88. The number of Topliss-reactive ketones (excluding diaryl/α,β-unsaturated/α-hetero) is 1. The summed E-state index contributed by atoms with van der Waals surface area (Å²) in [4.78, 5) is 32.9. The molecule has 0 saturated heterocycles. The minimum absolute atomic E-state index is 0.121. The number of unbranched alkanes of at least 4 members (excludes halogenated alkanes) is 2. The van der Waals surface area contributed by atoms with E-state index < -0.39 is 6.04 Å². The summed E-state index contributed by atoms with van der Waals surface area (Å²) in [5.41, 5.74) is 1.53. The van der Waals surface area contributed by atoms with Gasteiger partial charge >= 0.3 is 0 Å². The van der Waals surface area contributed by atoms with E-state index in [1.165, 1.54) is 10.8 Å². The number of hydrogen-bond donors (Lipinski definition) is 1. The highest BCUT2D eigenvalue weighted by Crippen LogP contribution is 2.27. The minimum atomic E-state index is -0.450. The molecule has 0 radical (unpaired) electrons. The fraction of sp³-hybridized carbons (Fsp3) is 0.321. The Kier molecular flexibility index (Phi) is 7.77. The number of ketones is 1. The van der Waals surface area contributed by atoms with Crippen molar-refractivity contribution in [3.63, 3.8) is 0 Å². The van der Waals surface area contributed by atoms with Gasteiger partial charge < -0.3 is 9.73 Å². The highest BCUT2D eigenvalue weighted by atomic mass is 16.4. The molecule has 3 heterocycles. The number of carbonyl (C=O) groups is 2. The molecular weight excluding hydrogens is 482 g/mol. The van der Waals surface area contributed by atoms with Gasteiger partial charge in [-0.3, -0.25) is 9.59 Å². The van der Waals surface area contributed by atoms with E-state index in [2.05, 4.69) is 30.6 Å². The van der Waals surface area contributed by atoms with Gasteiger partial charge in [0, 0.05) is 30.8 Å². The second kappa shape index (κ2) is 11.7. The Balaban J connectivity index is 1.30. The van der Waals surface area contributed by atoms with Crippen LogP contribution in [0.3, 0.4) is 0 Å². The Hall–Kier alpha value is -4.47. The van der Waals surface area contributed by atoms with Crippen LogP contribution >= 0.6 is 0 Å². The average Bonchev–Trinajstić information content (AvgIpc) is 3.61. The van der Waals surface area contributed by atoms with Crippen LogP contribution in [0.15, 0.2) is 65.6 Å². The number of nitrogens with one attached hydrogen (secondary N) is 1. The molecule has 0 bridgehead atoms. The molecule has 10 nitrogen and oxygen atoms in total. The highest BCUT2D eigenvalue weighted by Gasteiger charge is 2.22. The van der Waals surface area contributed by atoms with Gasteiger partial charge in [0.05, 0.1) is 6.42 Å². The Morgan fingerprint density at radius 2 is 1.89 bits per heavy atom. The van der Waals surface area contributed by atoms with E-state index in [4.69, 9.17) is 4.42 Å². The molecule has 1 amide bonds. The van der Waals surface area contributed by atoms with Gasteiger partial charge in [-0.25, -0.2) is 9.50 Å². The SMILES string of the molecule is CCC(=O)CCCCC[C@H](NC(=O)Cc1cnc2ncnn2c1)c1nnc(-c2ccc3ccccc3c2)o1. The van der Waals surface area contributed by atoms with Gasteiger partial charge in [-0.1, -0.05) is 50.1 Å². The fourth-order valence-corrected chi connectivity index (χ4v) is 4.38. The van der Waals surface area contributed by atoms with Gasteiger partial charge in [0.2, 0.25) is 17.7 Å². The predicted octanol–water partition coefficient (Wildman–Crippen LogP) is 4.66. The number of fused-ring (bicyclic) bond motifs is 2. The summed E-state index contributed by atoms with van der Waals surface area (Å²) in [5, 5.41) is 17.9. The lowest BCUT2D eigenvalue weighted by Crippen LogP contribution is -2.30. The molecule has 1 N–H and O–H groups in total. The van der Waals surface area contributed by atoms with Crippen LogP contribution in [0.25, 0.3) is 28.0 Å². The third-order valence-corrected chi connectivity index (χ3v) is 6.47. The zero-order valence-corrected chi connectivity index (χ0v) is 21.2. The molecule has 194 valence electrons. The third kappa shape index (κ3) is 6.08. The Morgan fingerprint density at radius 3 is 2.76 bits per heavy atom. The van der Waals surface area contributed by atoms with Gasteiger partial charge in [0.1, 0.15) is 18.2 Å². The first-order valence-electron chi connectivity index (χ1n) is 12.9. The fourth-order valence-electron chi connectivity index (χ4n) is 4.38. The number of hydrogen-bond acceptors (Lipinski definition) is 8. The topological polar surface area (TPSA) is 128 Å². The first-order valence-corrected chi connectivity index (χ1v) is 12.9. The molecule has 0 unspecified atom stereocenters. The lowest BCUT2D eigenvalue weighted by molar-refractivity contribution is -0.121. The molecule has 3 aromatic heterocycles. The van der Waals surface area contributed by atoms with E-state index in [1.807, 2.05) is 49.4 Å². The second-order valence-electron chi connectivity index (χ2n) is 9.26. The molecule has 0 aliphatic rings. The van der Waals surface area contributed by atoms with Crippen molar-refractivity contribution in [3.05, 3.63) is 72.6 Å². The summed E-state index contributed by atoms with van der Waals surface area (Å²) in [6.07, 6.45) is 9.15. The maximum atomic E-state index is 13.0. The van der Waals surface area contributed by atoms with Crippen molar-refractivity contribution < 1.29 is 14.0 Å². The number of benzene rings is 2. The van der Waals surface area contributed by atoms with Crippen molar-refractivity contribution in [3.8, 4) is 11.5 Å². The predicted molar refractivity (Wildman–Crippen MR) is 141 cm³/mol. The molecule has 38 heavy (non-hydrogen) atoms. The van der Waals surface area contributed by atoms with Gasteiger partial charge in [-0.15, -0.1) is 10.2 Å². The Labute approximate surface area is 219 Å². The van der Waals surface area contributed by atoms with E-state index in [9.17, 15) is 9.59 Å². The van der Waals surface area contributed by atoms with Gasteiger partial charge in [0.25, 0.3) is 5.78 Å². The summed E-state index contributed by atoms with van der Waals surface area (Å²) >= 11 is 0. The van der Waals surface area contributed by atoms with E-state index in [0.29, 0.717) is 42.4 Å². The van der Waals surface area contributed by atoms with Crippen LogP contribution in [-0.2, 0) is 16.0 Å². The van der Waals surface area contributed by atoms with E-state index in [1.54, 1.807) is 12.4 Å². The zero-order chi connectivity index (χ0) is 26.3. The van der Waals surface area contributed by atoms with Crippen LogP contribution in [0.1, 0.15) is 62.9 Å². The number of rotatable bonds is 12. The quantitative estimate of drug-likeness (QED) is 0.240. The molecule has 0 aliphatic heterocycles. The molecule has 0 aliphatic carbocycles. The highest BCUT2D eigenvalue weighted by molar-refractivity contribution is 5.86. The first-order chi connectivity index (χ1) is 18.6. The largest absolute Gasteiger partial charge is 0.418 e. The van der Waals surface area contributed by atoms with Crippen LogP contribution in [0.4, 0.5) is 0 Å².